The fraction of sp³-hybridized carbons (Fsp3) is 0.417. The Labute approximate surface area is 95.1 Å². The number of ether oxygens (including phenoxy) is 3. The van der Waals surface area contributed by atoms with Gasteiger partial charge in [-0.3, -0.25) is 4.79 Å². The Balaban J connectivity index is 2.45. The van der Waals surface area contributed by atoms with Gasteiger partial charge in [-0.25, -0.2) is 0 Å². The van der Waals surface area contributed by atoms with Crippen molar-refractivity contribution in [2.45, 2.75) is 6.92 Å². The Morgan fingerprint density at radius 3 is 2.25 bits per heavy atom. The van der Waals surface area contributed by atoms with Gasteiger partial charge in [0.1, 0.15) is 18.1 Å². The van der Waals surface area contributed by atoms with Crippen molar-refractivity contribution in [3.05, 3.63) is 24.3 Å². The van der Waals surface area contributed by atoms with Crippen LogP contribution in [0, 0.1) is 5.92 Å². The Morgan fingerprint density at radius 2 is 1.75 bits per heavy atom. The second-order valence-electron chi connectivity index (χ2n) is 3.41. The van der Waals surface area contributed by atoms with Crippen LogP contribution in [0.2, 0.25) is 0 Å². The summed E-state index contributed by atoms with van der Waals surface area (Å²) in [7, 11) is 2.97. The van der Waals surface area contributed by atoms with E-state index in [4.69, 9.17) is 9.47 Å². The highest BCUT2D eigenvalue weighted by atomic mass is 16.5. The Hall–Kier alpha value is -1.71. The highest BCUT2D eigenvalue weighted by Gasteiger charge is 2.13. The number of benzene rings is 1. The van der Waals surface area contributed by atoms with Gasteiger partial charge < -0.3 is 14.2 Å². The molecule has 0 aliphatic carbocycles. The Morgan fingerprint density at radius 1 is 1.19 bits per heavy atom. The van der Waals surface area contributed by atoms with Gasteiger partial charge in [-0.05, 0) is 31.2 Å². The minimum Gasteiger partial charge on any atom is -0.497 e. The van der Waals surface area contributed by atoms with Gasteiger partial charge in [-0.1, -0.05) is 0 Å². The number of esters is 1. The van der Waals surface area contributed by atoms with E-state index < -0.39 is 0 Å². The van der Waals surface area contributed by atoms with E-state index in [-0.39, 0.29) is 11.9 Å². The standard InChI is InChI=1S/C12H16O4/c1-9(12(13)15-3)8-16-11-6-4-10(14-2)5-7-11/h4-7,9H,8H2,1-3H3. The van der Waals surface area contributed by atoms with E-state index in [9.17, 15) is 4.79 Å². The molecular formula is C12H16O4. The third-order valence-corrected chi connectivity index (χ3v) is 2.16. The van der Waals surface area contributed by atoms with Crippen LogP contribution in [0.5, 0.6) is 11.5 Å². The first-order valence-electron chi connectivity index (χ1n) is 5.02. The molecule has 0 radical (unpaired) electrons. The van der Waals surface area contributed by atoms with Crippen molar-refractivity contribution in [3.8, 4) is 11.5 Å². The first kappa shape index (κ1) is 12.4. The zero-order valence-electron chi connectivity index (χ0n) is 9.73. The van der Waals surface area contributed by atoms with Gasteiger partial charge in [0.15, 0.2) is 0 Å². The van der Waals surface area contributed by atoms with Crippen LogP contribution in [-0.4, -0.2) is 26.8 Å². The van der Waals surface area contributed by atoms with Crippen LogP contribution in [0.3, 0.4) is 0 Å². The lowest BCUT2D eigenvalue weighted by Crippen LogP contribution is -2.19. The fourth-order valence-electron chi connectivity index (χ4n) is 1.16. The largest absolute Gasteiger partial charge is 0.497 e. The molecule has 0 heterocycles. The number of hydrogen-bond acceptors (Lipinski definition) is 4. The maximum atomic E-state index is 11.1. The molecular weight excluding hydrogens is 208 g/mol. The van der Waals surface area contributed by atoms with E-state index in [0.29, 0.717) is 12.4 Å². The van der Waals surface area contributed by atoms with Gasteiger partial charge in [0, 0.05) is 0 Å². The summed E-state index contributed by atoms with van der Waals surface area (Å²) in [4.78, 5) is 11.1. The normalized spacial score (nSPS) is 11.7. The van der Waals surface area contributed by atoms with Gasteiger partial charge in [0.05, 0.1) is 20.1 Å². The molecule has 0 aliphatic heterocycles. The number of carbonyl (C=O) groups is 1. The van der Waals surface area contributed by atoms with Gasteiger partial charge in [0.2, 0.25) is 0 Å². The molecule has 0 N–H and O–H groups in total. The minimum absolute atomic E-state index is 0.270. The number of carbonyl (C=O) groups excluding carboxylic acids is 1. The molecule has 0 spiro atoms. The molecule has 0 aliphatic rings. The van der Waals surface area contributed by atoms with Crippen LogP contribution in [0.25, 0.3) is 0 Å². The molecule has 0 fully saturated rings. The molecule has 4 heteroatoms. The molecule has 0 saturated carbocycles. The fourth-order valence-corrected chi connectivity index (χ4v) is 1.16. The van der Waals surface area contributed by atoms with Gasteiger partial charge in [-0.2, -0.15) is 0 Å². The van der Waals surface area contributed by atoms with Crippen molar-refractivity contribution in [1.82, 2.24) is 0 Å². The molecule has 0 aromatic heterocycles. The van der Waals surface area contributed by atoms with Crippen LogP contribution in [0.15, 0.2) is 24.3 Å². The van der Waals surface area contributed by atoms with Crippen LogP contribution in [-0.2, 0) is 9.53 Å². The average Bonchev–Trinajstić information content (AvgIpc) is 2.35. The first-order chi connectivity index (χ1) is 7.67. The zero-order valence-corrected chi connectivity index (χ0v) is 9.73. The van der Waals surface area contributed by atoms with Crippen LogP contribution >= 0.6 is 0 Å². The van der Waals surface area contributed by atoms with Crippen molar-refractivity contribution in [3.63, 3.8) is 0 Å². The zero-order chi connectivity index (χ0) is 12.0. The average molecular weight is 224 g/mol. The minimum atomic E-state index is -0.271. The summed E-state index contributed by atoms with van der Waals surface area (Å²) in [5.41, 5.74) is 0. The summed E-state index contributed by atoms with van der Waals surface area (Å²) in [5, 5.41) is 0. The lowest BCUT2D eigenvalue weighted by molar-refractivity contribution is -0.145. The monoisotopic (exact) mass is 224 g/mol. The predicted octanol–water partition coefficient (Wildman–Crippen LogP) is 1.88. The van der Waals surface area contributed by atoms with Crippen molar-refractivity contribution in [2.24, 2.45) is 5.92 Å². The van der Waals surface area contributed by atoms with Crippen molar-refractivity contribution < 1.29 is 19.0 Å². The molecule has 0 bridgehead atoms. The van der Waals surface area contributed by atoms with E-state index >= 15 is 0 Å². The van der Waals surface area contributed by atoms with Crippen LogP contribution in [0.1, 0.15) is 6.92 Å². The first-order valence-corrected chi connectivity index (χ1v) is 5.02. The van der Waals surface area contributed by atoms with E-state index in [1.165, 1.54) is 7.11 Å². The summed E-state index contributed by atoms with van der Waals surface area (Å²) in [6.07, 6.45) is 0. The summed E-state index contributed by atoms with van der Waals surface area (Å²) in [6.45, 7) is 2.06. The van der Waals surface area contributed by atoms with Crippen molar-refractivity contribution >= 4 is 5.97 Å². The van der Waals surface area contributed by atoms with Crippen molar-refractivity contribution in [2.75, 3.05) is 20.8 Å². The quantitative estimate of drug-likeness (QED) is 0.716. The molecule has 4 nitrogen and oxygen atoms in total. The molecule has 16 heavy (non-hydrogen) atoms. The van der Waals surface area contributed by atoms with E-state index in [1.54, 1.807) is 38.3 Å². The number of methoxy groups -OCH3 is 2. The topological polar surface area (TPSA) is 44.8 Å². The highest BCUT2D eigenvalue weighted by Crippen LogP contribution is 2.17. The third-order valence-electron chi connectivity index (χ3n) is 2.16. The van der Waals surface area contributed by atoms with Gasteiger partial charge in [-0.15, -0.1) is 0 Å². The third kappa shape index (κ3) is 3.46. The maximum absolute atomic E-state index is 11.1. The lowest BCUT2D eigenvalue weighted by atomic mass is 10.2. The van der Waals surface area contributed by atoms with E-state index in [0.717, 1.165) is 5.75 Å². The Bertz CT molecular complexity index is 331. The molecule has 88 valence electrons. The second kappa shape index (κ2) is 6.00. The second-order valence-corrected chi connectivity index (χ2v) is 3.41. The summed E-state index contributed by atoms with van der Waals surface area (Å²) in [6, 6.07) is 7.20. The number of hydrogen-bond donors (Lipinski definition) is 0. The summed E-state index contributed by atoms with van der Waals surface area (Å²) < 4.78 is 15.1. The molecule has 0 saturated heterocycles. The lowest BCUT2D eigenvalue weighted by Gasteiger charge is -2.11. The SMILES string of the molecule is COC(=O)C(C)COc1ccc(OC)cc1. The molecule has 1 aromatic carbocycles. The number of rotatable bonds is 5. The summed E-state index contributed by atoms with van der Waals surface area (Å²) >= 11 is 0. The molecule has 1 unspecified atom stereocenters. The van der Waals surface area contributed by atoms with Crippen LogP contribution in [0.4, 0.5) is 0 Å². The smallest absolute Gasteiger partial charge is 0.311 e. The molecule has 1 aromatic rings. The van der Waals surface area contributed by atoms with Crippen LogP contribution < -0.4 is 9.47 Å². The molecule has 1 rings (SSSR count). The highest BCUT2D eigenvalue weighted by molar-refractivity contribution is 5.71. The van der Waals surface area contributed by atoms with Crippen molar-refractivity contribution in [1.29, 1.82) is 0 Å². The Kier molecular flexibility index (Phi) is 4.64. The molecule has 1 atom stereocenters. The van der Waals surface area contributed by atoms with Gasteiger partial charge in [0.25, 0.3) is 0 Å². The maximum Gasteiger partial charge on any atom is 0.311 e. The van der Waals surface area contributed by atoms with E-state index in [1.807, 2.05) is 0 Å². The predicted molar refractivity (Wildman–Crippen MR) is 59.7 cm³/mol. The molecule has 0 amide bonds. The van der Waals surface area contributed by atoms with Gasteiger partial charge >= 0.3 is 5.97 Å². The van der Waals surface area contributed by atoms with E-state index in [2.05, 4.69) is 4.74 Å². The summed E-state index contributed by atoms with van der Waals surface area (Å²) in [5.74, 6) is 0.936.